The number of anilines is 4. The van der Waals surface area contributed by atoms with Crippen LogP contribution in [0.15, 0.2) is 164 Å². The van der Waals surface area contributed by atoms with E-state index >= 15 is 0 Å². The van der Waals surface area contributed by atoms with Crippen molar-refractivity contribution in [2.24, 2.45) is 0 Å². The molecular formula is C66H67N4OPt-3. The van der Waals surface area contributed by atoms with E-state index in [1.165, 1.54) is 38.9 Å². The van der Waals surface area contributed by atoms with E-state index in [-0.39, 0.29) is 48.1 Å². The molecule has 0 bridgehead atoms. The molecule has 9 aromatic rings. The molecule has 0 spiro atoms. The van der Waals surface area contributed by atoms with Crippen LogP contribution in [0.5, 0.6) is 11.5 Å². The molecule has 0 radical (unpaired) electrons. The quantitative estimate of drug-likeness (QED) is 0.135. The van der Waals surface area contributed by atoms with Crippen molar-refractivity contribution in [3.8, 4) is 17.3 Å². The Kier molecular flexibility index (Phi) is 13.0. The van der Waals surface area contributed by atoms with Gasteiger partial charge in [-0.2, -0.15) is 12.1 Å². The number of ether oxygens (including phenoxy) is 1. The maximum atomic E-state index is 6.82. The number of pyridine rings is 1. The molecule has 1 aliphatic heterocycles. The van der Waals surface area contributed by atoms with Gasteiger partial charge < -0.3 is 19.1 Å². The number of nitrogens with zero attached hydrogens (tertiary/aromatic N) is 4. The Morgan fingerprint density at radius 1 is 0.444 bits per heavy atom. The van der Waals surface area contributed by atoms with Gasteiger partial charge in [0.05, 0.1) is 0 Å². The molecule has 3 heterocycles. The Bertz CT molecular complexity index is 3410. The van der Waals surface area contributed by atoms with Gasteiger partial charge in [-0.05, 0) is 103 Å². The molecule has 0 saturated carbocycles. The molecule has 0 atom stereocenters. The maximum absolute atomic E-state index is 6.82. The van der Waals surface area contributed by atoms with Gasteiger partial charge in [-0.3, -0.25) is 0 Å². The molecular weight excluding hydrogens is 1060 g/mol. The van der Waals surface area contributed by atoms with E-state index in [1.807, 2.05) is 24.4 Å². The summed E-state index contributed by atoms with van der Waals surface area (Å²) in [5.74, 6) is 2.02. The molecule has 0 N–H and O–H groups in total. The van der Waals surface area contributed by atoms with Gasteiger partial charge in [0, 0.05) is 72.2 Å². The molecule has 0 aliphatic carbocycles. The summed E-state index contributed by atoms with van der Waals surface area (Å²) in [5.41, 5.74) is 14.4. The molecule has 6 heteroatoms. The normalized spacial score (nSPS) is 13.4. The first-order valence-electron chi connectivity index (χ1n) is 25.1. The van der Waals surface area contributed by atoms with Crippen molar-refractivity contribution in [3.63, 3.8) is 0 Å². The van der Waals surface area contributed by atoms with E-state index in [2.05, 4.69) is 263 Å². The molecule has 5 nitrogen and oxygen atoms in total. The van der Waals surface area contributed by atoms with Gasteiger partial charge in [-0.1, -0.05) is 180 Å². The fraction of sp³-hybridized carbons (Fsp3) is 0.273. The molecule has 0 saturated heterocycles. The van der Waals surface area contributed by atoms with Crippen molar-refractivity contribution in [1.29, 1.82) is 0 Å². The zero-order valence-corrected chi connectivity index (χ0v) is 46.5. The fourth-order valence-corrected chi connectivity index (χ4v) is 9.98. The van der Waals surface area contributed by atoms with Crippen LogP contribution in [0.4, 0.5) is 22.7 Å². The van der Waals surface area contributed by atoms with Crippen LogP contribution in [0.25, 0.3) is 27.6 Å². The first-order valence-corrected chi connectivity index (χ1v) is 25.1. The minimum Gasteiger partial charge on any atom is -0.509 e. The maximum Gasteiger partial charge on any atom is 0.135 e. The Balaban J connectivity index is 0.00000640. The third-order valence-corrected chi connectivity index (χ3v) is 14.8. The van der Waals surface area contributed by atoms with Crippen molar-refractivity contribution < 1.29 is 25.8 Å². The predicted octanol–water partition coefficient (Wildman–Crippen LogP) is 17.5. The third kappa shape index (κ3) is 9.42. The van der Waals surface area contributed by atoms with Crippen LogP contribution in [-0.4, -0.2) is 9.55 Å². The second-order valence-electron chi connectivity index (χ2n) is 23.6. The van der Waals surface area contributed by atoms with Crippen molar-refractivity contribution in [3.05, 3.63) is 222 Å². The zero-order chi connectivity index (χ0) is 50.3. The Labute approximate surface area is 443 Å². The summed E-state index contributed by atoms with van der Waals surface area (Å²) in [5, 5.41) is 2.20. The molecule has 370 valence electrons. The number of rotatable bonds is 9. The van der Waals surface area contributed by atoms with E-state index in [0.29, 0.717) is 11.5 Å². The van der Waals surface area contributed by atoms with Gasteiger partial charge >= 0.3 is 0 Å². The van der Waals surface area contributed by atoms with E-state index in [0.717, 1.165) is 50.4 Å². The second kappa shape index (κ2) is 18.6. The van der Waals surface area contributed by atoms with Gasteiger partial charge in [0.2, 0.25) is 0 Å². The average Bonchev–Trinajstić information content (AvgIpc) is 3.89. The van der Waals surface area contributed by atoms with E-state index in [4.69, 9.17) is 9.72 Å². The van der Waals surface area contributed by atoms with Crippen molar-refractivity contribution in [1.82, 2.24) is 9.55 Å². The zero-order valence-electron chi connectivity index (χ0n) is 44.2. The summed E-state index contributed by atoms with van der Waals surface area (Å²) in [6.45, 7) is 32.0. The first kappa shape index (κ1) is 50.5. The van der Waals surface area contributed by atoms with Crippen LogP contribution in [0.3, 0.4) is 0 Å². The van der Waals surface area contributed by atoms with Crippen molar-refractivity contribution in [2.45, 2.75) is 117 Å². The first-order chi connectivity index (χ1) is 33.6. The summed E-state index contributed by atoms with van der Waals surface area (Å²) in [4.78, 5) is 9.68. The van der Waals surface area contributed by atoms with Gasteiger partial charge in [0.15, 0.2) is 0 Å². The number of hydrogen-bond donors (Lipinski definition) is 0. The van der Waals surface area contributed by atoms with Gasteiger partial charge in [0.1, 0.15) is 5.82 Å². The molecule has 10 rings (SSSR count). The molecule has 0 amide bonds. The fourth-order valence-electron chi connectivity index (χ4n) is 9.98. The molecule has 72 heavy (non-hydrogen) atoms. The number of aromatic nitrogens is 2. The summed E-state index contributed by atoms with van der Waals surface area (Å²) in [6.07, 6.45) is 1.94. The van der Waals surface area contributed by atoms with E-state index in [9.17, 15) is 0 Å². The molecule has 7 aromatic carbocycles. The smallest absolute Gasteiger partial charge is 0.135 e. The molecule has 2 aromatic heterocycles. The van der Waals surface area contributed by atoms with E-state index in [1.54, 1.807) is 0 Å². The minimum atomic E-state index is -0.262. The predicted molar refractivity (Wildman–Crippen MR) is 297 cm³/mol. The SMILES string of the molecule is CC(C)(C)c1cc(N2[CH-]N(c3[c-]c(Oc4[c-]c5c(cc4)c4ccc(C(C)(C)c6ccccc6)cc4n5-c4cc(C(C)(C)c5ccccc5)ccn4)ccc3)c3ccc(C(C)(C)C)cc32)cc(C(C)(C)C)c1.[Pt]. The third-order valence-electron chi connectivity index (χ3n) is 14.8. The summed E-state index contributed by atoms with van der Waals surface area (Å²) >= 11 is 0. The van der Waals surface area contributed by atoms with Crippen LogP contribution in [0, 0.1) is 18.8 Å². The Morgan fingerprint density at radius 3 is 1.62 bits per heavy atom. The molecule has 1 aliphatic rings. The Morgan fingerprint density at radius 2 is 1.01 bits per heavy atom. The van der Waals surface area contributed by atoms with Crippen LogP contribution in [-0.2, 0) is 48.1 Å². The summed E-state index contributed by atoms with van der Waals surface area (Å²) in [7, 11) is 0. The molecule has 0 fully saturated rings. The van der Waals surface area contributed by atoms with Crippen LogP contribution >= 0.6 is 0 Å². The summed E-state index contributed by atoms with van der Waals surface area (Å²) in [6, 6.07) is 64.4. The Hall–Kier alpha value is -6.42. The van der Waals surface area contributed by atoms with Crippen LogP contribution < -0.4 is 14.5 Å². The second-order valence-corrected chi connectivity index (χ2v) is 23.6. The van der Waals surface area contributed by atoms with Gasteiger partial charge in [0.25, 0.3) is 0 Å². The van der Waals surface area contributed by atoms with Gasteiger partial charge in [-0.15, -0.1) is 48.1 Å². The molecule has 0 unspecified atom stereocenters. The number of fused-ring (bicyclic) bond motifs is 4. The standard InChI is InChI=1S/C66H67N4O.Pt/c1-62(2,3)46-28-32-57-60(38-46)69(52-36-49(63(4,5)6)35-50(37-52)64(7,8)9)43-68(57)51-25-20-26-53(41-51)71-54-29-31-56-55-30-27-47(65(10,11)44-21-16-14-17-22-44)39-58(55)70(59(56)42-54)61-40-48(33-34-67-61)66(12,13)45-23-18-15-19-24-45;/h14-40,43H,1-13H3;/q-3;. The minimum absolute atomic E-state index is 0. The van der Waals surface area contributed by atoms with Crippen molar-refractivity contribution in [2.75, 3.05) is 9.80 Å². The van der Waals surface area contributed by atoms with E-state index < -0.39 is 0 Å². The topological polar surface area (TPSA) is 33.5 Å². The largest absolute Gasteiger partial charge is 0.509 e. The summed E-state index contributed by atoms with van der Waals surface area (Å²) < 4.78 is 9.08. The monoisotopic (exact) mass is 1130 g/mol. The number of benzene rings is 7. The van der Waals surface area contributed by atoms with Crippen molar-refractivity contribution >= 4 is 44.6 Å². The van der Waals surface area contributed by atoms with Gasteiger partial charge in [-0.25, -0.2) is 4.98 Å². The van der Waals surface area contributed by atoms with Crippen LogP contribution in [0.1, 0.15) is 129 Å². The number of hydrogen-bond acceptors (Lipinski definition) is 4. The average molecular weight is 1130 g/mol. The van der Waals surface area contributed by atoms with Crippen LogP contribution in [0.2, 0.25) is 0 Å².